The van der Waals surface area contributed by atoms with Crippen LogP contribution < -0.4 is 5.32 Å². The fourth-order valence-electron chi connectivity index (χ4n) is 1.50. The van der Waals surface area contributed by atoms with Gasteiger partial charge in [0.15, 0.2) is 0 Å². The lowest BCUT2D eigenvalue weighted by Crippen LogP contribution is -1.99. The Bertz CT molecular complexity index is 508. The maximum absolute atomic E-state index is 4.24. The highest BCUT2D eigenvalue weighted by molar-refractivity contribution is 9.11. The second-order valence-corrected chi connectivity index (χ2v) is 5.45. The fraction of sp³-hybridized carbons (Fsp3) is 0.250. The topological polar surface area (TPSA) is 29.9 Å². The average Bonchev–Trinajstić information content (AvgIpc) is 2.78. The van der Waals surface area contributed by atoms with E-state index in [9.17, 15) is 0 Å². The van der Waals surface area contributed by atoms with E-state index in [1.807, 2.05) is 29.1 Å². The highest BCUT2D eigenvalue weighted by atomic mass is 79.9. The van der Waals surface area contributed by atoms with Crippen LogP contribution in [0.4, 0.5) is 5.69 Å². The molecule has 0 radical (unpaired) electrons. The normalized spacial score (nSPS) is 10.5. The summed E-state index contributed by atoms with van der Waals surface area (Å²) in [6, 6.07) is 6.07. The highest BCUT2D eigenvalue weighted by Crippen LogP contribution is 2.26. The van der Waals surface area contributed by atoms with Crippen LogP contribution in [0, 0.1) is 0 Å². The Morgan fingerprint density at radius 1 is 1.35 bits per heavy atom. The van der Waals surface area contributed by atoms with Crippen LogP contribution in [0.3, 0.4) is 0 Å². The smallest absolute Gasteiger partial charge is 0.0539 e. The summed E-state index contributed by atoms with van der Waals surface area (Å²) in [5.74, 6) is 0. The van der Waals surface area contributed by atoms with E-state index in [-0.39, 0.29) is 0 Å². The van der Waals surface area contributed by atoms with E-state index in [4.69, 9.17) is 0 Å². The Morgan fingerprint density at radius 3 is 2.88 bits per heavy atom. The highest BCUT2D eigenvalue weighted by Gasteiger charge is 2.02. The van der Waals surface area contributed by atoms with Crippen LogP contribution >= 0.6 is 31.9 Å². The number of hydrogen-bond acceptors (Lipinski definition) is 2. The molecular formula is C12H13Br2N3. The van der Waals surface area contributed by atoms with Gasteiger partial charge in [0, 0.05) is 39.5 Å². The minimum absolute atomic E-state index is 0.773. The van der Waals surface area contributed by atoms with E-state index in [1.165, 1.54) is 5.56 Å². The molecule has 1 heterocycles. The summed E-state index contributed by atoms with van der Waals surface area (Å²) in [6.07, 6.45) is 3.95. The molecule has 1 aromatic heterocycles. The largest absolute Gasteiger partial charge is 0.380 e. The Kier molecular flexibility index (Phi) is 4.23. The van der Waals surface area contributed by atoms with Gasteiger partial charge in [-0.3, -0.25) is 4.68 Å². The Morgan fingerprint density at radius 2 is 2.18 bits per heavy atom. The first-order chi connectivity index (χ1) is 8.19. The van der Waals surface area contributed by atoms with Gasteiger partial charge in [-0.25, -0.2) is 0 Å². The summed E-state index contributed by atoms with van der Waals surface area (Å²) < 4.78 is 4.04. The van der Waals surface area contributed by atoms with Gasteiger partial charge < -0.3 is 5.32 Å². The summed E-state index contributed by atoms with van der Waals surface area (Å²) in [7, 11) is 0. The van der Waals surface area contributed by atoms with Gasteiger partial charge in [-0.1, -0.05) is 15.9 Å². The van der Waals surface area contributed by atoms with Gasteiger partial charge in [0.25, 0.3) is 0 Å². The number of aryl methyl sites for hydroxylation is 1. The Balaban J connectivity index is 2.04. The van der Waals surface area contributed by atoms with E-state index in [1.54, 1.807) is 0 Å². The van der Waals surface area contributed by atoms with Crippen LogP contribution in [0.25, 0.3) is 0 Å². The van der Waals surface area contributed by atoms with Gasteiger partial charge >= 0.3 is 0 Å². The summed E-state index contributed by atoms with van der Waals surface area (Å²) in [4.78, 5) is 0. The van der Waals surface area contributed by atoms with Crippen molar-refractivity contribution >= 4 is 37.5 Å². The SMILES string of the molecule is CCn1cc(CNc2cc(Br)ccc2Br)cn1. The Labute approximate surface area is 117 Å². The van der Waals surface area contributed by atoms with Crippen molar-refractivity contribution in [3.63, 3.8) is 0 Å². The molecule has 0 saturated carbocycles. The molecule has 5 heteroatoms. The zero-order valence-corrected chi connectivity index (χ0v) is 12.6. The Hall–Kier alpha value is -0.810. The molecule has 0 spiro atoms. The first kappa shape index (κ1) is 12.6. The van der Waals surface area contributed by atoms with Crippen LogP contribution in [0.15, 0.2) is 39.5 Å². The van der Waals surface area contributed by atoms with E-state index in [0.29, 0.717) is 0 Å². The van der Waals surface area contributed by atoms with Crippen molar-refractivity contribution in [1.29, 1.82) is 0 Å². The molecule has 90 valence electrons. The monoisotopic (exact) mass is 357 g/mol. The molecule has 17 heavy (non-hydrogen) atoms. The summed E-state index contributed by atoms with van der Waals surface area (Å²) in [6.45, 7) is 3.75. The maximum Gasteiger partial charge on any atom is 0.0539 e. The van der Waals surface area contributed by atoms with Crippen molar-refractivity contribution < 1.29 is 0 Å². The number of nitrogens with zero attached hydrogens (tertiary/aromatic N) is 2. The third-order valence-corrected chi connectivity index (χ3v) is 3.61. The molecule has 0 aliphatic carbocycles. The number of halogens is 2. The lowest BCUT2D eigenvalue weighted by Gasteiger charge is -2.07. The third kappa shape index (κ3) is 3.33. The quantitative estimate of drug-likeness (QED) is 0.893. The molecule has 3 nitrogen and oxygen atoms in total. The van der Waals surface area contributed by atoms with Gasteiger partial charge in [0.1, 0.15) is 0 Å². The van der Waals surface area contributed by atoms with E-state index < -0.39 is 0 Å². The van der Waals surface area contributed by atoms with Gasteiger partial charge in [0.05, 0.1) is 6.20 Å². The van der Waals surface area contributed by atoms with Crippen LogP contribution in [0.1, 0.15) is 12.5 Å². The molecule has 1 aromatic carbocycles. The number of benzene rings is 1. The molecule has 0 bridgehead atoms. The number of aromatic nitrogens is 2. The number of nitrogens with one attached hydrogen (secondary N) is 1. The average molecular weight is 359 g/mol. The van der Waals surface area contributed by atoms with Gasteiger partial charge in [-0.2, -0.15) is 5.10 Å². The first-order valence-electron chi connectivity index (χ1n) is 5.39. The molecule has 0 aliphatic heterocycles. The fourth-order valence-corrected chi connectivity index (χ4v) is 2.25. The van der Waals surface area contributed by atoms with Crippen molar-refractivity contribution in [3.8, 4) is 0 Å². The third-order valence-electron chi connectivity index (χ3n) is 2.42. The van der Waals surface area contributed by atoms with E-state index in [2.05, 4.69) is 55.4 Å². The lowest BCUT2D eigenvalue weighted by atomic mass is 10.3. The van der Waals surface area contributed by atoms with Crippen molar-refractivity contribution in [3.05, 3.63) is 45.1 Å². The summed E-state index contributed by atoms with van der Waals surface area (Å²) in [5.41, 5.74) is 2.25. The van der Waals surface area contributed by atoms with Gasteiger partial charge in [-0.15, -0.1) is 0 Å². The van der Waals surface area contributed by atoms with E-state index in [0.717, 1.165) is 27.7 Å². The van der Waals surface area contributed by atoms with Crippen LogP contribution in [-0.2, 0) is 13.1 Å². The minimum atomic E-state index is 0.773. The first-order valence-corrected chi connectivity index (χ1v) is 6.98. The van der Waals surface area contributed by atoms with Crippen LogP contribution in [-0.4, -0.2) is 9.78 Å². The lowest BCUT2D eigenvalue weighted by molar-refractivity contribution is 0.659. The molecule has 0 fully saturated rings. The van der Waals surface area contributed by atoms with Crippen molar-refractivity contribution in [2.24, 2.45) is 0 Å². The molecule has 2 aromatic rings. The molecule has 2 rings (SSSR count). The number of rotatable bonds is 4. The zero-order valence-electron chi connectivity index (χ0n) is 9.45. The molecule has 0 amide bonds. The zero-order chi connectivity index (χ0) is 12.3. The van der Waals surface area contributed by atoms with Crippen molar-refractivity contribution in [2.75, 3.05) is 5.32 Å². The summed E-state index contributed by atoms with van der Waals surface area (Å²) in [5, 5.41) is 7.62. The minimum Gasteiger partial charge on any atom is -0.380 e. The summed E-state index contributed by atoms with van der Waals surface area (Å²) >= 11 is 6.98. The standard InChI is InChI=1S/C12H13Br2N3/c1-2-17-8-9(7-16-17)6-15-12-5-10(13)3-4-11(12)14/h3-5,7-8,15H,2,6H2,1H3. The maximum atomic E-state index is 4.24. The predicted octanol–water partition coefficient (Wildman–Crippen LogP) is 4.04. The van der Waals surface area contributed by atoms with Crippen molar-refractivity contribution in [1.82, 2.24) is 9.78 Å². The molecular weight excluding hydrogens is 346 g/mol. The predicted molar refractivity (Wildman–Crippen MR) is 77.1 cm³/mol. The molecule has 0 saturated heterocycles. The van der Waals surface area contributed by atoms with Crippen LogP contribution in [0.2, 0.25) is 0 Å². The molecule has 0 unspecified atom stereocenters. The van der Waals surface area contributed by atoms with E-state index >= 15 is 0 Å². The second kappa shape index (κ2) is 5.69. The molecule has 1 N–H and O–H groups in total. The second-order valence-electron chi connectivity index (χ2n) is 3.68. The van der Waals surface area contributed by atoms with Crippen molar-refractivity contribution in [2.45, 2.75) is 20.0 Å². The molecule has 0 aliphatic rings. The number of anilines is 1. The van der Waals surface area contributed by atoms with Gasteiger partial charge in [0.2, 0.25) is 0 Å². The van der Waals surface area contributed by atoms with Gasteiger partial charge in [-0.05, 0) is 41.1 Å². The van der Waals surface area contributed by atoms with Crippen LogP contribution in [0.5, 0.6) is 0 Å². The molecule has 0 atom stereocenters. The number of hydrogen-bond donors (Lipinski definition) is 1.